The average molecular weight is 403 g/mol. The second kappa shape index (κ2) is 8.24. The average Bonchev–Trinajstić information content (AvgIpc) is 2.69. The minimum atomic E-state index is -3.96. The molecule has 0 bridgehead atoms. The van der Waals surface area contributed by atoms with Crippen LogP contribution in [0.5, 0.6) is 0 Å². The second-order valence-electron chi connectivity index (χ2n) is 5.79. The highest BCUT2D eigenvalue weighted by Gasteiger charge is 2.17. The Bertz CT molecular complexity index is 1090. The summed E-state index contributed by atoms with van der Waals surface area (Å²) in [4.78, 5) is 15.7. The van der Waals surface area contributed by atoms with E-state index in [9.17, 15) is 22.0 Å². The third-order valence-electron chi connectivity index (χ3n) is 3.79. The van der Waals surface area contributed by atoms with Crippen LogP contribution in [0.1, 0.15) is 15.9 Å². The second-order valence-corrected chi connectivity index (χ2v) is 7.56. The number of anilines is 1. The van der Waals surface area contributed by atoms with Crippen molar-refractivity contribution in [3.63, 3.8) is 0 Å². The number of hydrogen-bond acceptors (Lipinski definition) is 4. The molecule has 6 nitrogen and oxygen atoms in total. The molecule has 28 heavy (non-hydrogen) atoms. The van der Waals surface area contributed by atoms with Gasteiger partial charge in [-0.25, -0.2) is 21.9 Å². The summed E-state index contributed by atoms with van der Waals surface area (Å²) >= 11 is 0. The van der Waals surface area contributed by atoms with Crippen molar-refractivity contribution in [1.82, 2.24) is 9.71 Å². The first-order chi connectivity index (χ1) is 13.3. The van der Waals surface area contributed by atoms with Gasteiger partial charge in [-0.15, -0.1) is 0 Å². The van der Waals surface area contributed by atoms with Gasteiger partial charge in [-0.3, -0.25) is 9.78 Å². The maximum Gasteiger partial charge on any atom is 0.255 e. The molecule has 0 saturated heterocycles. The van der Waals surface area contributed by atoms with E-state index >= 15 is 0 Å². The number of aromatic nitrogens is 1. The summed E-state index contributed by atoms with van der Waals surface area (Å²) in [6.45, 7) is 0.000840. The van der Waals surface area contributed by atoms with Crippen molar-refractivity contribution in [3.05, 3.63) is 89.8 Å². The summed E-state index contributed by atoms with van der Waals surface area (Å²) in [7, 11) is -3.96. The van der Waals surface area contributed by atoms with Crippen LogP contribution in [0.2, 0.25) is 0 Å². The van der Waals surface area contributed by atoms with Crippen molar-refractivity contribution >= 4 is 21.6 Å². The lowest BCUT2D eigenvalue weighted by Crippen LogP contribution is -2.23. The zero-order chi connectivity index (χ0) is 20.1. The third-order valence-corrected chi connectivity index (χ3v) is 5.19. The molecule has 1 amide bonds. The minimum Gasteiger partial charge on any atom is -0.319 e. The van der Waals surface area contributed by atoms with Crippen molar-refractivity contribution < 1.29 is 22.0 Å². The Morgan fingerprint density at radius 2 is 1.79 bits per heavy atom. The maximum atomic E-state index is 14.3. The number of benzene rings is 2. The normalized spacial score (nSPS) is 11.2. The van der Waals surface area contributed by atoms with Crippen LogP contribution in [-0.2, 0) is 16.6 Å². The van der Waals surface area contributed by atoms with Crippen LogP contribution in [0.15, 0.2) is 71.9 Å². The number of amides is 1. The SMILES string of the molecule is O=C(Nc1ccc(S(=O)(=O)NCc2cccnc2)cc1F)c1ccc(F)cc1. The van der Waals surface area contributed by atoms with E-state index in [1.165, 1.54) is 24.4 Å². The Balaban J connectivity index is 1.72. The number of nitrogens with one attached hydrogen (secondary N) is 2. The monoisotopic (exact) mass is 403 g/mol. The predicted molar refractivity (Wildman–Crippen MR) is 99.0 cm³/mol. The zero-order valence-electron chi connectivity index (χ0n) is 14.4. The third kappa shape index (κ3) is 4.76. The molecule has 0 unspecified atom stereocenters. The molecular formula is C19H15F2N3O3S. The first-order valence-electron chi connectivity index (χ1n) is 8.10. The van der Waals surface area contributed by atoms with Crippen LogP contribution in [0.3, 0.4) is 0 Å². The van der Waals surface area contributed by atoms with Crippen molar-refractivity contribution in [1.29, 1.82) is 0 Å². The number of sulfonamides is 1. The highest BCUT2D eigenvalue weighted by molar-refractivity contribution is 7.89. The number of halogens is 2. The number of pyridine rings is 1. The number of hydrogen-bond donors (Lipinski definition) is 2. The lowest BCUT2D eigenvalue weighted by Gasteiger charge is -2.10. The van der Waals surface area contributed by atoms with Crippen LogP contribution in [0.4, 0.5) is 14.5 Å². The Morgan fingerprint density at radius 1 is 1.04 bits per heavy atom. The summed E-state index contributed by atoms with van der Waals surface area (Å²) < 4.78 is 54.2. The molecule has 0 atom stereocenters. The van der Waals surface area contributed by atoms with Crippen LogP contribution < -0.4 is 10.0 Å². The molecule has 1 aromatic heterocycles. The van der Waals surface area contributed by atoms with Crippen LogP contribution in [0, 0.1) is 11.6 Å². The van der Waals surface area contributed by atoms with Crippen LogP contribution in [0.25, 0.3) is 0 Å². The van der Waals surface area contributed by atoms with E-state index in [1.807, 2.05) is 0 Å². The van der Waals surface area contributed by atoms with E-state index in [1.54, 1.807) is 18.3 Å². The molecule has 2 N–H and O–H groups in total. The van der Waals surface area contributed by atoms with Gasteiger partial charge in [-0.1, -0.05) is 6.07 Å². The van der Waals surface area contributed by atoms with E-state index < -0.39 is 27.6 Å². The number of nitrogens with zero attached hydrogens (tertiary/aromatic N) is 1. The molecule has 0 spiro atoms. The maximum absolute atomic E-state index is 14.3. The van der Waals surface area contributed by atoms with Gasteiger partial charge >= 0.3 is 0 Å². The van der Waals surface area contributed by atoms with E-state index in [0.29, 0.717) is 5.56 Å². The lowest BCUT2D eigenvalue weighted by molar-refractivity contribution is 0.102. The van der Waals surface area contributed by atoms with E-state index in [-0.39, 0.29) is 22.7 Å². The first-order valence-corrected chi connectivity index (χ1v) is 9.58. The molecule has 3 rings (SSSR count). The van der Waals surface area contributed by atoms with Gasteiger partial charge < -0.3 is 5.32 Å². The summed E-state index contributed by atoms with van der Waals surface area (Å²) in [5.74, 6) is -2.07. The summed E-state index contributed by atoms with van der Waals surface area (Å²) in [6, 6.07) is 11.2. The fourth-order valence-electron chi connectivity index (χ4n) is 2.32. The van der Waals surface area contributed by atoms with Crippen molar-refractivity contribution in [2.24, 2.45) is 0 Å². The summed E-state index contributed by atoms with van der Waals surface area (Å²) in [5.41, 5.74) is 0.589. The Labute approximate surface area is 160 Å². The summed E-state index contributed by atoms with van der Waals surface area (Å²) in [5, 5.41) is 2.32. The van der Waals surface area contributed by atoms with Crippen LogP contribution in [-0.4, -0.2) is 19.3 Å². The van der Waals surface area contributed by atoms with Crippen molar-refractivity contribution in [3.8, 4) is 0 Å². The molecule has 0 aliphatic carbocycles. The van der Waals surface area contributed by atoms with Crippen LogP contribution >= 0.6 is 0 Å². The molecule has 0 aliphatic rings. The number of carbonyl (C=O) groups excluding carboxylic acids is 1. The fraction of sp³-hybridized carbons (Fsp3) is 0.0526. The molecular weight excluding hydrogens is 388 g/mol. The molecule has 9 heteroatoms. The van der Waals surface area contributed by atoms with Gasteiger partial charge in [0.25, 0.3) is 5.91 Å². The highest BCUT2D eigenvalue weighted by atomic mass is 32.2. The van der Waals surface area contributed by atoms with Gasteiger partial charge in [0.15, 0.2) is 0 Å². The molecule has 0 fully saturated rings. The van der Waals surface area contributed by atoms with Gasteiger partial charge in [0, 0.05) is 24.5 Å². The highest BCUT2D eigenvalue weighted by Crippen LogP contribution is 2.20. The molecule has 0 radical (unpaired) electrons. The largest absolute Gasteiger partial charge is 0.319 e. The molecule has 3 aromatic rings. The number of rotatable bonds is 6. The fourth-order valence-corrected chi connectivity index (χ4v) is 3.35. The number of carbonyl (C=O) groups is 1. The molecule has 2 aromatic carbocycles. The van der Waals surface area contributed by atoms with E-state index in [4.69, 9.17) is 0 Å². The quantitative estimate of drug-likeness (QED) is 0.662. The van der Waals surface area contributed by atoms with E-state index in [0.717, 1.165) is 24.3 Å². The Hall–Kier alpha value is -3.17. The molecule has 144 valence electrons. The van der Waals surface area contributed by atoms with Gasteiger partial charge in [0.2, 0.25) is 10.0 Å². The summed E-state index contributed by atoms with van der Waals surface area (Å²) in [6.07, 6.45) is 3.07. The Kier molecular flexibility index (Phi) is 5.76. The van der Waals surface area contributed by atoms with Gasteiger partial charge in [0.1, 0.15) is 11.6 Å². The van der Waals surface area contributed by atoms with Crippen molar-refractivity contribution in [2.45, 2.75) is 11.4 Å². The Morgan fingerprint density at radius 3 is 2.43 bits per heavy atom. The topological polar surface area (TPSA) is 88.2 Å². The van der Waals surface area contributed by atoms with Gasteiger partial charge in [-0.05, 0) is 54.1 Å². The lowest BCUT2D eigenvalue weighted by atomic mass is 10.2. The molecule has 0 saturated carbocycles. The minimum absolute atomic E-state index is 0.000840. The van der Waals surface area contributed by atoms with Gasteiger partial charge in [-0.2, -0.15) is 0 Å². The van der Waals surface area contributed by atoms with E-state index in [2.05, 4.69) is 15.0 Å². The zero-order valence-corrected chi connectivity index (χ0v) is 15.2. The van der Waals surface area contributed by atoms with Crippen molar-refractivity contribution in [2.75, 3.05) is 5.32 Å². The first kappa shape index (κ1) is 19.6. The standard InChI is InChI=1S/C19H15F2N3O3S/c20-15-5-3-14(4-6-15)19(25)24-18-8-7-16(10-17(18)21)28(26,27)23-12-13-2-1-9-22-11-13/h1-11,23H,12H2,(H,24,25). The molecule has 0 aliphatic heterocycles. The van der Waals surface area contributed by atoms with Gasteiger partial charge in [0.05, 0.1) is 10.6 Å². The molecule has 1 heterocycles. The smallest absolute Gasteiger partial charge is 0.255 e. The predicted octanol–water partition coefficient (Wildman–Crippen LogP) is 3.09.